The molecule has 1 aliphatic rings. The van der Waals surface area contributed by atoms with Gasteiger partial charge in [0.15, 0.2) is 0 Å². The molecular weight excluding hydrogens is 378 g/mol. The number of rotatable bonds is 6. The highest BCUT2D eigenvalue weighted by Crippen LogP contribution is 2.34. The Hall–Kier alpha value is -2.82. The van der Waals surface area contributed by atoms with Crippen LogP contribution in [0, 0.1) is 5.41 Å². The normalized spacial score (nSPS) is 16.0. The lowest BCUT2D eigenvalue weighted by molar-refractivity contribution is -0.118. The Labute approximate surface area is 179 Å². The Morgan fingerprint density at radius 1 is 1.03 bits per heavy atom. The summed E-state index contributed by atoms with van der Waals surface area (Å²) in [4.78, 5) is 26.0. The average molecular weight is 410 g/mol. The summed E-state index contributed by atoms with van der Waals surface area (Å²) in [6, 6.07) is 18.0. The molecule has 160 valence electrons. The number of nitrogens with zero attached hydrogens (tertiary/aromatic N) is 1. The third kappa shape index (κ3) is 6.09. The van der Waals surface area contributed by atoms with E-state index in [1.54, 1.807) is 4.90 Å². The van der Waals surface area contributed by atoms with Gasteiger partial charge in [0, 0.05) is 18.5 Å². The zero-order valence-electron chi connectivity index (χ0n) is 18.1. The molecule has 0 aromatic heterocycles. The van der Waals surface area contributed by atoms with Crippen LogP contribution in [0.2, 0.25) is 0 Å². The van der Waals surface area contributed by atoms with Crippen molar-refractivity contribution in [1.82, 2.24) is 4.90 Å². The number of carbonyl (C=O) groups is 2. The van der Waals surface area contributed by atoms with Gasteiger partial charge in [0.2, 0.25) is 0 Å². The van der Waals surface area contributed by atoms with Crippen molar-refractivity contribution < 1.29 is 19.1 Å². The number of piperidine rings is 1. The van der Waals surface area contributed by atoms with Gasteiger partial charge in [0.25, 0.3) is 0 Å². The number of likely N-dealkylation sites (tertiary alicyclic amines) is 1. The first kappa shape index (κ1) is 21.9. The highest BCUT2D eigenvalue weighted by molar-refractivity contribution is 5.69. The average Bonchev–Trinajstić information content (AvgIpc) is 2.72. The summed E-state index contributed by atoms with van der Waals surface area (Å²) < 4.78 is 11.4. The Balaban J connectivity index is 1.59. The molecular formula is C25H31NO4. The number of benzene rings is 2. The van der Waals surface area contributed by atoms with Crippen molar-refractivity contribution >= 4 is 12.4 Å². The second-order valence-corrected chi connectivity index (χ2v) is 9.05. The van der Waals surface area contributed by atoms with Crippen LogP contribution in [-0.2, 0) is 22.6 Å². The monoisotopic (exact) mass is 409 g/mol. The standard InChI is InChI=1S/C25H31NO4/c1-24(2,3)30-23(28)26-14-12-25(19-27,13-15-26)17-21-10-7-11-22(16-21)29-18-20-8-5-4-6-9-20/h4-11,16,19H,12-15,17-18H2,1-3H3. The fourth-order valence-corrected chi connectivity index (χ4v) is 3.69. The van der Waals surface area contributed by atoms with Gasteiger partial charge in [-0.1, -0.05) is 42.5 Å². The van der Waals surface area contributed by atoms with E-state index < -0.39 is 11.0 Å². The zero-order valence-corrected chi connectivity index (χ0v) is 18.1. The molecule has 5 heteroatoms. The number of hydrogen-bond acceptors (Lipinski definition) is 4. The quantitative estimate of drug-likeness (QED) is 0.628. The van der Waals surface area contributed by atoms with Crippen molar-refractivity contribution in [3.63, 3.8) is 0 Å². The minimum absolute atomic E-state index is 0.307. The summed E-state index contributed by atoms with van der Waals surface area (Å²) in [6.07, 6.45) is 2.66. The summed E-state index contributed by atoms with van der Waals surface area (Å²) >= 11 is 0. The van der Waals surface area contributed by atoms with Crippen LogP contribution >= 0.6 is 0 Å². The Kier molecular flexibility index (Phi) is 6.80. The Morgan fingerprint density at radius 3 is 2.33 bits per heavy atom. The van der Waals surface area contributed by atoms with Gasteiger partial charge < -0.3 is 19.2 Å². The molecule has 0 atom stereocenters. The smallest absolute Gasteiger partial charge is 0.410 e. The molecule has 0 spiro atoms. The van der Waals surface area contributed by atoms with Crippen LogP contribution in [0.1, 0.15) is 44.7 Å². The first-order valence-corrected chi connectivity index (χ1v) is 10.5. The van der Waals surface area contributed by atoms with E-state index in [1.807, 2.05) is 75.4 Å². The predicted octanol–water partition coefficient (Wildman–Crippen LogP) is 5.02. The maximum absolute atomic E-state index is 12.3. The van der Waals surface area contributed by atoms with Gasteiger partial charge in [-0.15, -0.1) is 0 Å². The minimum Gasteiger partial charge on any atom is -0.489 e. The van der Waals surface area contributed by atoms with Crippen molar-refractivity contribution in [3.8, 4) is 5.75 Å². The van der Waals surface area contributed by atoms with Gasteiger partial charge in [0.05, 0.1) is 0 Å². The molecule has 2 aromatic carbocycles. The molecule has 1 fully saturated rings. The molecule has 3 rings (SSSR count). The second-order valence-electron chi connectivity index (χ2n) is 9.05. The van der Waals surface area contributed by atoms with Crippen LogP contribution in [0.3, 0.4) is 0 Å². The van der Waals surface area contributed by atoms with Gasteiger partial charge in [-0.2, -0.15) is 0 Å². The lowest BCUT2D eigenvalue weighted by atomic mass is 9.75. The van der Waals surface area contributed by atoms with Crippen LogP contribution in [0.25, 0.3) is 0 Å². The number of ether oxygens (including phenoxy) is 2. The van der Waals surface area contributed by atoms with Gasteiger partial charge >= 0.3 is 6.09 Å². The molecule has 0 radical (unpaired) electrons. The van der Waals surface area contributed by atoms with Gasteiger partial charge in [-0.3, -0.25) is 0 Å². The highest BCUT2D eigenvalue weighted by Gasteiger charge is 2.37. The maximum Gasteiger partial charge on any atom is 0.410 e. The van der Waals surface area contributed by atoms with E-state index in [2.05, 4.69) is 0 Å². The van der Waals surface area contributed by atoms with Crippen LogP contribution in [-0.4, -0.2) is 36.0 Å². The predicted molar refractivity (Wildman–Crippen MR) is 116 cm³/mol. The molecule has 0 bridgehead atoms. The fourth-order valence-electron chi connectivity index (χ4n) is 3.69. The van der Waals surface area contributed by atoms with Crippen LogP contribution < -0.4 is 4.74 Å². The maximum atomic E-state index is 12.3. The third-order valence-electron chi connectivity index (χ3n) is 5.36. The molecule has 1 aliphatic heterocycles. The van der Waals surface area contributed by atoms with Crippen LogP contribution in [0.15, 0.2) is 54.6 Å². The van der Waals surface area contributed by atoms with Crippen molar-refractivity contribution in [2.24, 2.45) is 5.41 Å². The molecule has 1 heterocycles. The second kappa shape index (κ2) is 9.33. The molecule has 0 unspecified atom stereocenters. The molecule has 0 N–H and O–H groups in total. The number of aldehydes is 1. The van der Waals surface area contributed by atoms with Crippen LogP contribution in [0.4, 0.5) is 4.79 Å². The lowest BCUT2D eigenvalue weighted by Gasteiger charge is -2.38. The van der Waals surface area contributed by atoms with Crippen molar-refractivity contribution in [2.75, 3.05) is 13.1 Å². The molecule has 1 amide bonds. The van der Waals surface area contributed by atoms with Crippen LogP contribution in [0.5, 0.6) is 5.75 Å². The SMILES string of the molecule is CC(C)(C)OC(=O)N1CCC(C=O)(Cc2cccc(OCc3ccccc3)c2)CC1. The van der Waals surface area contributed by atoms with E-state index in [1.165, 1.54) is 0 Å². The summed E-state index contributed by atoms with van der Waals surface area (Å²) in [5.74, 6) is 0.795. The summed E-state index contributed by atoms with van der Waals surface area (Å²) in [6.45, 7) is 7.13. The van der Waals surface area contributed by atoms with E-state index >= 15 is 0 Å². The Bertz CT molecular complexity index is 849. The summed E-state index contributed by atoms with van der Waals surface area (Å²) in [7, 11) is 0. The molecule has 30 heavy (non-hydrogen) atoms. The summed E-state index contributed by atoms with van der Waals surface area (Å²) in [5, 5.41) is 0. The third-order valence-corrected chi connectivity index (χ3v) is 5.36. The lowest BCUT2D eigenvalue weighted by Crippen LogP contribution is -2.46. The first-order chi connectivity index (χ1) is 14.3. The topological polar surface area (TPSA) is 55.8 Å². The molecule has 1 saturated heterocycles. The van der Waals surface area contributed by atoms with Crippen molar-refractivity contribution in [1.29, 1.82) is 0 Å². The Morgan fingerprint density at radius 2 is 1.70 bits per heavy atom. The van der Waals surface area contributed by atoms with E-state index in [9.17, 15) is 9.59 Å². The van der Waals surface area contributed by atoms with Gasteiger partial charge in [-0.25, -0.2) is 4.79 Å². The van der Waals surface area contributed by atoms with E-state index in [4.69, 9.17) is 9.47 Å². The molecule has 2 aromatic rings. The fraction of sp³-hybridized carbons (Fsp3) is 0.440. The number of carbonyl (C=O) groups excluding carboxylic acids is 2. The molecule has 0 aliphatic carbocycles. The first-order valence-electron chi connectivity index (χ1n) is 10.5. The highest BCUT2D eigenvalue weighted by atomic mass is 16.6. The number of hydrogen-bond donors (Lipinski definition) is 0. The zero-order chi connectivity index (χ0) is 21.6. The minimum atomic E-state index is -0.517. The summed E-state index contributed by atoms with van der Waals surface area (Å²) in [5.41, 5.74) is 1.20. The van der Waals surface area contributed by atoms with Gasteiger partial charge in [-0.05, 0) is 63.3 Å². The van der Waals surface area contributed by atoms with E-state index in [-0.39, 0.29) is 6.09 Å². The van der Waals surface area contributed by atoms with E-state index in [0.717, 1.165) is 23.2 Å². The van der Waals surface area contributed by atoms with Gasteiger partial charge in [0.1, 0.15) is 24.2 Å². The molecule has 0 saturated carbocycles. The van der Waals surface area contributed by atoms with Crippen molar-refractivity contribution in [2.45, 2.75) is 52.2 Å². The van der Waals surface area contributed by atoms with Crippen molar-refractivity contribution in [3.05, 3.63) is 65.7 Å². The number of amides is 1. The molecule has 5 nitrogen and oxygen atoms in total. The largest absolute Gasteiger partial charge is 0.489 e. The van der Waals surface area contributed by atoms with E-state index in [0.29, 0.717) is 39.0 Å².